The minimum atomic E-state index is 0.0940. The quantitative estimate of drug-likeness (QED) is 0.386. The van der Waals surface area contributed by atoms with Gasteiger partial charge in [0.1, 0.15) is 0 Å². The van der Waals surface area contributed by atoms with E-state index in [4.69, 9.17) is 10.9 Å². The number of nitrogens with two attached hydrogens (primary N) is 1. The number of aromatic nitrogens is 2. The lowest BCUT2D eigenvalue weighted by atomic mass is 9.86. The molecule has 21 heavy (non-hydrogen) atoms. The Kier molecular flexibility index (Phi) is 4.65. The number of hydrogen-bond donors (Lipinski definition) is 2. The zero-order chi connectivity index (χ0) is 15.6. The van der Waals surface area contributed by atoms with Crippen molar-refractivity contribution in [1.29, 1.82) is 0 Å². The van der Waals surface area contributed by atoms with Crippen LogP contribution >= 0.6 is 0 Å². The zero-order valence-corrected chi connectivity index (χ0v) is 13.3. The van der Waals surface area contributed by atoms with E-state index in [9.17, 15) is 0 Å². The van der Waals surface area contributed by atoms with Gasteiger partial charge in [-0.2, -0.15) is 5.10 Å². The van der Waals surface area contributed by atoms with Gasteiger partial charge in [-0.25, -0.2) is 0 Å². The van der Waals surface area contributed by atoms with E-state index in [1.807, 2.05) is 20.9 Å². The molecule has 6 heteroatoms. The van der Waals surface area contributed by atoms with Crippen LogP contribution in [0.2, 0.25) is 0 Å². The largest absolute Gasteiger partial charge is 0.409 e. The highest BCUT2D eigenvalue weighted by Crippen LogP contribution is 2.30. The highest BCUT2D eigenvalue weighted by molar-refractivity contribution is 6.02. The smallest absolute Gasteiger partial charge is 0.174 e. The normalized spacial score (nSPS) is 23.1. The Morgan fingerprint density at radius 2 is 1.86 bits per heavy atom. The van der Waals surface area contributed by atoms with Crippen LogP contribution in [0.3, 0.4) is 0 Å². The average Bonchev–Trinajstić information content (AvgIpc) is 2.49. The van der Waals surface area contributed by atoms with Crippen molar-refractivity contribution in [3.8, 4) is 0 Å². The van der Waals surface area contributed by atoms with Gasteiger partial charge in [0.25, 0.3) is 0 Å². The molecule has 1 aliphatic rings. The van der Waals surface area contributed by atoms with Crippen LogP contribution in [-0.4, -0.2) is 34.3 Å². The minimum absolute atomic E-state index is 0.0940. The molecule has 0 atom stereocenters. The molecular weight excluding hydrogens is 266 g/mol. The van der Waals surface area contributed by atoms with Gasteiger partial charge in [0.2, 0.25) is 0 Å². The summed E-state index contributed by atoms with van der Waals surface area (Å²) in [6, 6.07) is 0.433. The molecule has 0 radical (unpaired) electrons. The molecule has 0 spiro atoms. The second kappa shape index (κ2) is 6.28. The Morgan fingerprint density at radius 3 is 2.43 bits per heavy atom. The van der Waals surface area contributed by atoms with E-state index in [1.54, 1.807) is 0 Å². The maximum absolute atomic E-state index is 9.05. The Hall–Kier alpha value is -1.85. The summed E-state index contributed by atoms with van der Waals surface area (Å²) in [5, 5.41) is 20.7. The van der Waals surface area contributed by atoms with Crippen LogP contribution in [0.25, 0.3) is 0 Å². The third kappa shape index (κ3) is 3.09. The Bertz CT molecular complexity index is 535. The predicted octanol–water partition coefficient (Wildman–Crippen LogP) is 2.20. The van der Waals surface area contributed by atoms with E-state index in [0.717, 1.165) is 30.0 Å². The molecule has 1 fully saturated rings. The van der Waals surface area contributed by atoms with Crippen molar-refractivity contribution in [3.63, 3.8) is 0 Å². The van der Waals surface area contributed by atoms with Gasteiger partial charge < -0.3 is 15.8 Å². The monoisotopic (exact) mass is 291 g/mol. The number of rotatable bonds is 3. The van der Waals surface area contributed by atoms with Crippen molar-refractivity contribution < 1.29 is 5.21 Å². The van der Waals surface area contributed by atoms with Crippen LogP contribution in [0.5, 0.6) is 0 Å². The number of nitrogens with zero attached hydrogens (tertiary/aromatic N) is 4. The van der Waals surface area contributed by atoms with Crippen molar-refractivity contribution >= 4 is 11.7 Å². The summed E-state index contributed by atoms with van der Waals surface area (Å²) in [5.41, 5.74) is 8.25. The molecule has 3 N–H and O–H groups in total. The van der Waals surface area contributed by atoms with E-state index in [1.165, 1.54) is 12.8 Å². The highest BCUT2D eigenvalue weighted by Gasteiger charge is 2.26. The molecule has 1 aromatic heterocycles. The molecule has 0 amide bonds. The SMILES string of the molecule is Cc1nnc(N(C)C2CCC(C)CC2)c(C(N)=NO)c1C. The fourth-order valence-corrected chi connectivity index (χ4v) is 3.00. The number of oxime groups is 1. The lowest BCUT2D eigenvalue weighted by Gasteiger charge is -2.35. The first kappa shape index (κ1) is 15.5. The average molecular weight is 291 g/mol. The molecule has 1 heterocycles. The number of anilines is 1. The van der Waals surface area contributed by atoms with Gasteiger partial charge in [-0.15, -0.1) is 5.10 Å². The van der Waals surface area contributed by atoms with Gasteiger partial charge in [-0.05, 0) is 51.0 Å². The van der Waals surface area contributed by atoms with Crippen LogP contribution < -0.4 is 10.6 Å². The number of amidine groups is 1. The maximum Gasteiger partial charge on any atom is 0.174 e. The molecule has 2 rings (SSSR count). The molecule has 0 aliphatic heterocycles. The first-order chi connectivity index (χ1) is 9.95. The van der Waals surface area contributed by atoms with Crippen molar-refractivity contribution in [1.82, 2.24) is 10.2 Å². The van der Waals surface area contributed by atoms with E-state index >= 15 is 0 Å². The maximum atomic E-state index is 9.05. The summed E-state index contributed by atoms with van der Waals surface area (Å²) in [5.74, 6) is 1.59. The summed E-state index contributed by atoms with van der Waals surface area (Å²) in [6.45, 7) is 6.11. The molecule has 0 aromatic carbocycles. The lowest BCUT2D eigenvalue weighted by Crippen LogP contribution is -2.37. The van der Waals surface area contributed by atoms with Gasteiger partial charge in [-0.3, -0.25) is 0 Å². The summed E-state index contributed by atoms with van der Waals surface area (Å²) in [7, 11) is 2.02. The Morgan fingerprint density at radius 1 is 1.24 bits per heavy atom. The fraction of sp³-hybridized carbons (Fsp3) is 0.667. The molecule has 1 aromatic rings. The van der Waals surface area contributed by atoms with Crippen LogP contribution in [-0.2, 0) is 0 Å². The van der Waals surface area contributed by atoms with Crippen LogP contribution in [0, 0.1) is 19.8 Å². The third-order valence-electron chi connectivity index (χ3n) is 4.67. The first-order valence-electron chi connectivity index (χ1n) is 7.50. The van der Waals surface area contributed by atoms with Crippen LogP contribution in [0.15, 0.2) is 5.16 Å². The Labute approximate surface area is 126 Å². The van der Waals surface area contributed by atoms with Crippen LogP contribution in [0.1, 0.15) is 49.4 Å². The number of hydrogen-bond acceptors (Lipinski definition) is 5. The van der Waals surface area contributed by atoms with E-state index in [0.29, 0.717) is 17.4 Å². The molecule has 6 nitrogen and oxygen atoms in total. The summed E-state index contributed by atoms with van der Waals surface area (Å²) < 4.78 is 0. The first-order valence-corrected chi connectivity index (χ1v) is 7.50. The molecule has 1 aliphatic carbocycles. The molecule has 0 bridgehead atoms. The summed E-state index contributed by atoms with van der Waals surface area (Å²) >= 11 is 0. The predicted molar refractivity (Wildman–Crippen MR) is 83.8 cm³/mol. The van der Waals surface area contributed by atoms with E-state index in [2.05, 4.69) is 27.2 Å². The summed E-state index contributed by atoms with van der Waals surface area (Å²) in [4.78, 5) is 2.14. The molecule has 0 saturated heterocycles. The lowest BCUT2D eigenvalue weighted by molar-refractivity contribution is 0.318. The third-order valence-corrected chi connectivity index (χ3v) is 4.67. The van der Waals surface area contributed by atoms with Crippen molar-refractivity contribution in [2.75, 3.05) is 11.9 Å². The van der Waals surface area contributed by atoms with Crippen molar-refractivity contribution in [2.24, 2.45) is 16.8 Å². The molecule has 116 valence electrons. The second-order valence-corrected chi connectivity index (χ2v) is 6.12. The van der Waals surface area contributed by atoms with E-state index < -0.39 is 0 Å². The van der Waals surface area contributed by atoms with Crippen molar-refractivity contribution in [3.05, 3.63) is 16.8 Å². The van der Waals surface area contributed by atoms with Gasteiger partial charge in [0.05, 0.1) is 11.3 Å². The van der Waals surface area contributed by atoms with Crippen LogP contribution in [0.4, 0.5) is 5.82 Å². The fourth-order valence-electron chi connectivity index (χ4n) is 3.00. The summed E-state index contributed by atoms with van der Waals surface area (Å²) in [6.07, 6.45) is 4.74. The number of aryl methyl sites for hydroxylation is 1. The van der Waals surface area contributed by atoms with Gasteiger partial charge in [-0.1, -0.05) is 12.1 Å². The standard InChI is InChI=1S/C15H25N5O/c1-9-5-7-12(8-6-9)20(4)15-13(14(16)19-21)10(2)11(3)17-18-15/h9,12,21H,5-8H2,1-4H3,(H2,16,19). The second-order valence-electron chi connectivity index (χ2n) is 6.12. The minimum Gasteiger partial charge on any atom is -0.409 e. The molecular formula is C15H25N5O. The van der Waals surface area contributed by atoms with Crippen molar-refractivity contribution in [2.45, 2.75) is 52.5 Å². The topological polar surface area (TPSA) is 87.6 Å². The Balaban J connectivity index is 2.37. The highest BCUT2D eigenvalue weighted by atomic mass is 16.4. The molecule has 1 saturated carbocycles. The van der Waals surface area contributed by atoms with E-state index in [-0.39, 0.29) is 5.84 Å². The zero-order valence-electron chi connectivity index (χ0n) is 13.3. The molecule has 0 unspecified atom stereocenters. The van der Waals surface area contributed by atoms with Gasteiger partial charge >= 0.3 is 0 Å². The van der Waals surface area contributed by atoms with Gasteiger partial charge in [0, 0.05) is 13.1 Å². The van der Waals surface area contributed by atoms with Gasteiger partial charge in [0.15, 0.2) is 11.7 Å².